The van der Waals surface area contributed by atoms with Crippen molar-refractivity contribution < 1.29 is 31.7 Å². The third-order valence-electron chi connectivity index (χ3n) is 4.68. The predicted octanol–water partition coefficient (Wildman–Crippen LogP) is 0.370. The lowest BCUT2D eigenvalue weighted by Crippen LogP contribution is -2.50. The summed E-state index contributed by atoms with van der Waals surface area (Å²) in [6, 6.07) is -2.01. The Bertz CT molecular complexity index is 605. The molecule has 0 unspecified atom stereocenters. The quantitative estimate of drug-likeness (QED) is 0.534. The molecule has 10 nitrogen and oxygen atoms in total. The first-order valence-electron chi connectivity index (χ1n) is 8.07. The van der Waals surface area contributed by atoms with Crippen LogP contribution in [0.4, 0.5) is 4.79 Å². The molecule has 2 bridgehead atoms. The Balaban J connectivity index is 1.58. The molecular formula is C13H21N3O7S. The molecule has 1 aliphatic carbocycles. The Labute approximate surface area is 139 Å². The van der Waals surface area contributed by atoms with Crippen LogP contribution in [0, 0.1) is 0 Å². The van der Waals surface area contributed by atoms with Crippen molar-refractivity contribution in [2.45, 2.75) is 63.1 Å². The van der Waals surface area contributed by atoms with E-state index in [1.54, 1.807) is 0 Å². The highest BCUT2D eigenvalue weighted by atomic mass is 32.3. The van der Waals surface area contributed by atoms with Gasteiger partial charge in [0, 0.05) is 6.54 Å². The Morgan fingerprint density at radius 1 is 1.17 bits per heavy atom. The van der Waals surface area contributed by atoms with Crippen LogP contribution in [0.2, 0.25) is 0 Å². The molecule has 2 saturated heterocycles. The number of hydroxylamine groups is 3. The van der Waals surface area contributed by atoms with Gasteiger partial charge in [-0.15, -0.1) is 4.28 Å². The molecule has 0 aromatic carbocycles. The second-order valence-corrected chi connectivity index (χ2v) is 7.36. The molecule has 2 N–H and O–H groups in total. The lowest BCUT2D eigenvalue weighted by molar-refractivity contribution is -0.145. The summed E-state index contributed by atoms with van der Waals surface area (Å²) in [5.74, 6) is -0.430. The number of hydrogen-bond acceptors (Lipinski definition) is 6. The second kappa shape index (κ2) is 6.82. The van der Waals surface area contributed by atoms with Crippen LogP contribution in [0.25, 0.3) is 0 Å². The number of rotatable bonds is 5. The topological polar surface area (TPSA) is 125 Å². The highest BCUT2D eigenvalue weighted by Gasteiger charge is 2.49. The van der Waals surface area contributed by atoms with Crippen LogP contribution in [0.3, 0.4) is 0 Å². The van der Waals surface area contributed by atoms with E-state index in [1.807, 2.05) is 0 Å². The van der Waals surface area contributed by atoms with Crippen LogP contribution in [0.15, 0.2) is 0 Å². The van der Waals surface area contributed by atoms with Gasteiger partial charge in [0.1, 0.15) is 6.04 Å². The summed E-state index contributed by atoms with van der Waals surface area (Å²) in [5.41, 5.74) is 2.43. The monoisotopic (exact) mass is 363 g/mol. The fourth-order valence-electron chi connectivity index (χ4n) is 3.50. The van der Waals surface area contributed by atoms with Crippen molar-refractivity contribution >= 4 is 22.3 Å². The number of carbonyl (C=O) groups is 2. The van der Waals surface area contributed by atoms with E-state index >= 15 is 0 Å². The van der Waals surface area contributed by atoms with Crippen LogP contribution >= 0.6 is 0 Å². The average molecular weight is 363 g/mol. The number of carbonyl (C=O) groups excluding carboxylic acids is 2. The molecule has 2 aliphatic heterocycles. The van der Waals surface area contributed by atoms with E-state index in [4.69, 9.17) is 9.39 Å². The van der Waals surface area contributed by atoms with Crippen LogP contribution in [-0.4, -0.2) is 59.6 Å². The molecule has 0 aromatic rings. The van der Waals surface area contributed by atoms with Crippen molar-refractivity contribution in [1.29, 1.82) is 0 Å². The molecule has 2 atom stereocenters. The molecule has 3 amide bonds. The molecule has 136 valence electrons. The zero-order valence-electron chi connectivity index (χ0n) is 13.1. The normalized spacial score (nSPS) is 28.3. The van der Waals surface area contributed by atoms with Gasteiger partial charge in [0.25, 0.3) is 5.91 Å². The second-order valence-electron chi connectivity index (χ2n) is 6.35. The van der Waals surface area contributed by atoms with E-state index in [-0.39, 0.29) is 12.6 Å². The van der Waals surface area contributed by atoms with Crippen molar-refractivity contribution in [1.82, 2.24) is 15.4 Å². The fourth-order valence-corrected chi connectivity index (χ4v) is 3.88. The first-order valence-corrected chi connectivity index (χ1v) is 9.44. The lowest BCUT2D eigenvalue weighted by Gasteiger charge is -2.30. The number of hydrogen-bond donors (Lipinski definition) is 2. The van der Waals surface area contributed by atoms with Crippen molar-refractivity contribution in [3.05, 3.63) is 0 Å². The minimum atomic E-state index is -4.79. The van der Waals surface area contributed by atoms with E-state index in [1.165, 1.54) is 11.3 Å². The summed E-state index contributed by atoms with van der Waals surface area (Å²) in [5, 5.41) is 0.616. The highest BCUT2D eigenvalue weighted by molar-refractivity contribution is 7.80. The number of piperidine rings is 1. The van der Waals surface area contributed by atoms with Gasteiger partial charge in [-0.2, -0.15) is 13.5 Å². The average Bonchev–Trinajstić information content (AvgIpc) is 2.77. The Morgan fingerprint density at radius 2 is 1.88 bits per heavy atom. The highest BCUT2D eigenvalue weighted by Crippen LogP contribution is 2.30. The van der Waals surface area contributed by atoms with Crippen LogP contribution in [0.1, 0.15) is 44.9 Å². The van der Waals surface area contributed by atoms with Crippen LogP contribution in [0.5, 0.6) is 0 Å². The molecular weight excluding hydrogens is 342 g/mol. The zero-order chi connectivity index (χ0) is 17.3. The van der Waals surface area contributed by atoms with E-state index in [0.717, 1.165) is 25.7 Å². The Morgan fingerprint density at radius 3 is 2.54 bits per heavy atom. The van der Waals surface area contributed by atoms with Crippen molar-refractivity contribution in [2.75, 3.05) is 6.54 Å². The maximum atomic E-state index is 12.3. The van der Waals surface area contributed by atoms with Crippen molar-refractivity contribution in [3.8, 4) is 0 Å². The molecule has 0 aromatic heterocycles. The summed E-state index contributed by atoms with van der Waals surface area (Å²) in [6.07, 6.45) is 5.84. The smallest absolute Gasteiger partial charge is 0.309 e. The molecule has 11 heteroatoms. The number of fused-ring (bicyclic) bond motifs is 2. The summed E-state index contributed by atoms with van der Waals surface area (Å²) >= 11 is 0. The van der Waals surface area contributed by atoms with Gasteiger partial charge in [-0.05, 0) is 25.7 Å². The number of nitrogens with zero attached hydrogens (tertiary/aromatic N) is 2. The SMILES string of the molecule is O=C(NOC1CCCCC1)[C@@H]1CC[C@@H]2CN1C(=O)N2OS(=O)(=O)O. The maximum absolute atomic E-state index is 12.3. The van der Waals surface area contributed by atoms with Crippen LogP contribution < -0.4 is 5.48 Å². The fraction of sp³-hybridized carbons (Fsp3) is 0.846. The largest absolute Gasteiger partial charge is 0.418 e. The standard InChI is InChI=1S/C13H21N3O7S/c17-12(14-22-10-4-2-1-3-5-10)11-7-6-9-8-15(11)13(18)16(9)23-24(19,20)21/h9-11H,1-8H2,(H,14,17)(H,19,20,21)/t9-,11+/m1/s1. The van der Waals surface area contributed by atoms with Gasteiger partial charge in [-0.3, -0.25) is 14.2 Å². The van der Waals surface area contributed by atoms with Gasteiger partial charge in [0.15, 0.2) is 0 Å². The number of amides is 3. The number of urea groups is 1. The Kier molecular flexibility index (Phi) is 4.95. The third kappa shape index (κ3) is 3.79. The molecule has 3 aliphatic rings. The summed E-state index contributed by atoms with van der Waals surface area (Å²) < 4.78 is 34.7. The lowest BCUT2D eigenvalue weighted by atomic mass is 9.98. The molecule has 3 fully saturated rings. The van der Waals surface area contributed by atoms with Gasteiger partial charge in [0.05, 0.1) is 12.1 Å². The van der Waals surface area contributed by atoms with Gasteiger partial charge >= 0.3 is 16.4 Å². The van der Waals surface area contributed by atoms with E-state index < -0.39 is 34.4 Å². The van der Waals surface area contributed by atoms with Crippen LogP contribution in [-0.2, 0) is 24.3 Å². The van der Waals surface area contributed by atoms with Gasteiger partial charge < -0.3 is 4.90 Å². The van der Waals surface area contributed by atoms with E-state index in [0.29, 0.717) is 17.9 Å². The van der Waals surface area contributed by atoms with Crippen molar-refractivity contribution in [3.63, 3.8) is 0 Å². The molecule has 1 saturated carbocycles. The summed E-state index contributed by atoms with van der Waals surface area (Å²) in [7, 11) is -4.79. The van der Waals surface area contributed by atoms with E-state index in [2.05, 4.69) is 9.76 Å². The van der Waals surface area contributed by atoms with Gasteiger partial charge in [-0.1, -0.05) is 19.3 Å². The molecule has 0 spiro atoms. The van der Waals surface area contributed by atoms with Crippen molar-refractivity contribution in [2.24, 2.45) is 0 Å². The predicted molar refractivity (Wildman–Crippen MR) is 79.5 cm³/mol. The van der Waals surface area contributed by atoms with Gasteiger partial charge in [0.2, 0.25) is 0 Å². The third-order valence-corrected chi connectivity index (χ3v) is 5.03. The molecule has 24 heavy (non-hydrogen) atoms. The summed E-state index contributed by atoms with van der Waals surface area (Å²) in [4.78, 5) is 31.2. The minimum Gasteiger partial charge on any atom is -0.309 e. The Hall–Kier alpha value is -1.43. The maximum Gasteiger partial charge on any atom is 0.418 e. The summed E-state index contributed by atoms with van der Waals surface area (Å²) in [6.45, 7) is 0.163. The minimum absolute atomic E-state index is 0.00678. The zero-order valence-corrected chi connectivity index (χ0v) is 13.9. The van der Waals surface area contributed by atoms with E-state index in [9.17, 15) is 18.0 Å². The molecule has 3 rings (SSSR count). The molecule has 2 heterocycles. The number of nitrogens with one attached hydrogen (secondary N) is 1. The van der Waals surface area contributed by atoms with Gasteiger partial charge in [-0.25, -0.2) is 10.3 Å². The first-order chi connectivity index (χ1) is 11.3. The molecule has 0 radical (unpaired) electrons. The first kappa shape index (κ1) is 17.4.